The molecule has 5 nitrogen and oxygen atoms in total. The van der Waals surface area contributed by atoms with Gasteiger partial charge in [-0.2, -0.15) is 0 Å². The Morgan fingerprint density at radius 1 is 1.25 bits per heavy atom. The number of carboxylic acids is 1. The lowest BCUT2D eigenvalue weighted by Gasteiger charge is -2.21. The second kappa shape index (κ2) is 4.66. The molecule has 0 spiro atoms. The quantitative estimate of drug-likeness (QED) is 0.911. The first-order valence-corrected chi connectivity index (χ1v) is 6.16. The van der Waals surface area contributed by atoms with Crippen molar-refractivity contribution in [1.29, 1.82) is 0 Å². The Morgan fingerprint density at radius 3 is 2.60 bits per heavy atom. The SMILES string of the molecule is O=C(O)C1CCc2nnc(-c3cc(F)cc(F)c3)n2C1. The largest absolute Gasteiger partial charge is 0.481 e. The molecule has 0 radical (unpaired) electrons. The molecule has 1 aromatic carbocycles. The average molecular weight is 279 g/mol. The lowest BCUT2D eigenvalue weighted by Crippen LogP contribution is -2.27. The molecule has 104 valence electrons. The van der Waals surface area contributed by atoms with E-state index >= 15 is 0 Å². The molecule has 1 atom stereocenters. The first kappa shape index (κ1) is 12.7. The number of rotatable bonds is 2. The van der Waals surface area contributed by atoms with E-state index < -0.39 is 23.5 Å². The molecule has 3 rings (SSSR count). The smallest absolute Gasteiger partial charge is 0.308 e. The van der Waals surface area contributed by atoms with E-state index in [1.807, 2.05) is 0 Å². The summed E-state index contributed by atoms with van der Waals surface area (Å²) >= 11 is 0. The highest BCUT2D eigenvalue weighted by Gasteiger charge is 2.27. The third-order valence-corrected chi connectivity index (χ3v) is 3.42. The predicted octanol–water partition coefficient (Wildman–Crippen LogP) is 1.87. The first-order chi connectivity index (χ1) is 9.54. The molecule has 1 aliphatic rings. The van der Waals surface area contributed by atoms with E-state index in [4.69, 9.17) is 5.11 Å². The van der Waals surface area contributed by atoms with E-state index in [0.29, 0.717) is 24.5 Å². The third kappa shape index (κ3) is 2.15. The number of aryl methyl sites for hydroxylation is 1. The molecule has 7 heteroatoms. The number of aromatic nitrogens is 3. The molecule has 1 unspecified atom stereocenters. The maximum Gasteiger partial charge on any atom is 0.308 e. The second-order valence-corrected chi connectivity index (χ2v) is 4.78. The predicted molar refractivity (Wildman–Crippen MR) is 64.8 cm³/mol. The molecule has 1 aliphatic heterocycles. The van der Waals surface area contributed by atoms with Gasteiger partial charge in [-0.1, -0.05) is 0 Å². The lowest BCUT2D eigenvalue weighted by atomic mass is 9.99. The summed E-state index contributed by atoms with van der Waals surface area (Å²) in [6.07, 6.45) is 0.979. The zero-order valence-corrected chi connectivity index (χ0v) is 10.4. The number of benzene rings is 1. The molecular weight excluding hydrogens is 268 g/mol. The van der Waals surface area contributed by atoms with Gasteiger partial charge in [0, 0.05) is 24.6 Å². The van der Waals surface area contributed by atoms with E-state index in [-0.39, 0.29) is 12.1 Å². The van der Waals surface area contributed by atoms with Crippen molar-refractivity contribution in [3.8, 4) is 11.4 Å². The molecule has 1 N–H and O–H groups in total. The number of hydrogen-bond donors (Lipinski definition) is 1. The third-order valence-electron chi connectivity index (χ3n) is 3.42. The van der Waals surface area contributed by atoms with Gasteiger partial charge in [-0.15, -0.1) is 10.2 Å². The molecule has 2 heterocycles. The Bertz CT molecular complexity index is 664. The normalized spacial score (nSPS) is 17.8. The van der Waals surface area contributed by atoms with Gasteiger partial charge in [0.1, 0.15) is 17.5 Å². The van der Waals surface area contributed by atoms with Crippen LogP contribution in [0, 0.1) is 17.6 Å². The maximum atomic E-state index is 13.3. The number of halogens is 2. The van der Waals surface area contributed by atoms with Crippen LogP contribution in [0.4, 0.5) is 8.78 Å². The van der Waals surface area contributed by atoms with Crippen LogP contribution in [0.3, 0.4) is 0 Å². The van der Waals surface area contributed by atoms with Gasteiger partial charge in [-0.05, 0) is 18.6 Å². The van der Waals surface area contributed by atoms with Crippen LogP contribution in [-0.2, 0) is 17.8 Å². The van der Waals surface area contributed by atoms with Crippen molar-refractivity contribution in [3.05, 3.63) is 35.7 Å². The number of hydrogen-bond acceptors (Lipinski definition) is 3. The Morgan fingerprint density at radius 2 is 1.95 bits per heavy atom. The molecule has 0 saturated carbocycles. The number of nitrogens with zero attached hydrogens (tertiary/aromatic N) is 3. The molecule has 0 fully saturated rings. The van der Waals surface area contributed by atoms with Crippen molar-refractivity contribution in [2.75, 3.05) is 0 Å². The topological polar surface area (TPSA) is 68.0 Å². The zero-order valence-electron chi connectivity index (χ0n) is 10.4. The minimum absolute atomic E-state index is 0.213. The summed E-state index contributed by atoms with van der Waals surface area (Å²) < 4.78 is 28.2. The van der Waals surface area contributed by atoms with E-state index in [0.717, 1.165) is 18.2 Å². The van der Waals surface area contributed by atoms with Crippen LogP contribution >= 0.6 is 0 Å². The van der Waals surface area contributed by atoms with Crippen molar-refractivity contribution >= 4 is 5.97 Å². The summed E-state index contributed by atoms with van der Waals surface area (Å²) in [5, 5.41) is 17.0. The highest BCUT2D eigenvalue weighted by Crippen LogP contribution is 2.26. The molecule has 0 bridgehead atoms. The lowest BCUT2D eigenvalue weighted by molar-refractivity contribution is -0.142. The van der Waals surface area contributed by atoms with Gasteiger partial charge in [0.25, 0.3) is 0 Å². The highest BCUT2D eigenvalue weighted by molar-refractivity contribution is 5.70. The summed E-state index contributed by atoms with van der Waals surface area (Å²) in [6, 6.07) is 3.09. The fourth-order valence-corrected chi connectivity index (χ4v) is 2.43. The van der Waals surface area contributed by atoms with E-state index in [9.17, 15) is 13.6 Å². The van der Waals surface area contributed by atoms with Gasteiger partial charge < -0.3 is 9.67 Å². The molecule has 1 aromatic heterocycles. The average Bonchev–Trinajstić information content (AvgIpc) is 2.80. The van der Waals surface area contributed by atoms with Crippen LogP contribution in [0.25, 0.3) is 11.4 Å². The van der Waals surface area contributed by atoms with Crippen LogP contribution in [-0.4, -0.2) is 25.8 Å². The molecular formula is C13H11F2N3O2. The molecule has 2 aromatic rings. The fraction of sp³-hybridized carbons (Fsp3) is 0.308. The summed E-state index contributed by atoms with van der Waals surface area (Å²) in [5.41, 5.74) is 0.257. The van der Waals surface area contributed by atoms with Crippen molar-refractivity contribution in [2.24, 2.45) is 5.92 Å². The number of aliphatic carboxylic acids is 1. The van der Waals surface area contributed by atoms with Gasteiger partial charge in [0.2, 0.25) is 0 Å². The first-order valence-electron chi connectivity index (χ1n) is 6.16. The molecule has 20 heavy (non-hydrogen) atoms. The summed E-state index contributed by atoms with van der Waals surface area (Å²) in [6.45, 7) is 0.213. The molecule has 0 amide bonds. The van der Waals surface area contributed by atoms with Gasteiger partial charge in [0.05, 0.1) is 5.92 Å². The van der Waals surface area contributed by atoms with Crippen molar-refractivity contribution in [1.82, 2.24) is 14.8 Å². The Hall–Kier alpha value is -2.31. The van der Waals surface area contributed by atoms with Gasteiger partial charge >= 0.3 is 5.97 Å². The van der Waals surface area contributed by atoms with Crippen LogP contribution in [0.2, 0.25) is 0 Å². The van der Waals surface area contributed by atoms with Crippen LogP contribution in [0.5, 0.6) is 0 Å². The van der Waals surface area contributed by atoms with Gasteiger partial charge in [0.15, 0.2) is 5.82 Å². The number of carboxylic acid groups (broad SMARTS) is 1. The van der Waals surface area contributed by atoms with E-state index in [2.05, 4.69) is 10.2 Å². The number of fused-ring (bicyclic) bond motifs is 1. The van der Waals surface area contributed by atoms with Gasteiger partial charge in [-0.25, -0.2) is 8.78 Å². The molecule has 0 aliphatic carbocycles. The highest BCUT2D eigenvalue weighted by atomic mass is 19.1. The Labute approximate surface area is 112 Å². The maximum absolute atomic E-state index is 13.3. The Balaban J connectivity index is 2.04. The standard InChI is InChI=1S/C13H11F2N3O2/c14-9-3-8(4-10(15)5-9)12-17-16-11-2-1-7(13(19)20)6-18(11)12/h3-5,7H,1-2,6H2,(H,19,20). The van der Waals surface area contributed by atoms with Gasteiger partial charge in [-0.3, -0.25) is 4.79 Å². The van der Waals surface area contributed by atoms with Crippen molar-refractivity contribution in [2.45, 2.75) is 19.4 Å². The monoisotopic (exact) mass is 279 g/mol. The van der Waals surface area contributed by atoms with Crippen molar-refractivity contribution < 1.29 is 18.7 Å². The van der Waals surface area contributed by atoms with Crippen LogP contribution in [0.1, 0.15) is 12.2 Å². The van der Waals surface area contributed by atoms with E-state index in [1.54, 1.807) is 4.57 Å². The number of carbonyl (C=O) groups is 1. The zero-order chi connectivity index (χ0) is 14.3. The summed E-state index contributed by atoms with van der Waals surface area (Å²) in [5.74, 6) is -1.89. The van der Waals surface area contributed by atoms with Crippen LogP contribution < -0.4 is 0 Å². The fourth-order valence-electron chi connectivity index (χ4n) is 2.43. The van der Waals surface area contributed by atoms with Crippen LogP contribution in [0.15, 0.2) is 18.2 Å². The Kier molecular flexibility index (Phi) is 2.96. The second-order valence-electron chi connectivity index (χ2n) is 4.78. The minimum Gasteiger partial charge on any atom is -0.481 e. The van der Waals surface area contributed by atoms with Crippen molar-refractivity contribution in [3.63, 3.8) is 0 Å². The van der Waals surface area contributed by atoms with E-state index in [1.165, 1.54) is 0 Å². The summed E-state index contributed by atoms with van der Waals surface area (Å²) in [7, 11) is 0. The minimum atomic E-state index is -0.888. The summed E-state index contributed by atoms with van der Waals surface area (Å²) in [4.78, 5) is 11.1. The molecule has 0 saturated heterocycles.